The molecule has 0 spiro atoms. The van der Waals surface area contributed by atoms with Crippen LogP contribution in [0.1, 0.15) is 47.7 Å². The van der Waals surface area contributed by atoms with Crippen molar-refractivity contribution in [2.45, 2.75) is 37.3 Å². The van der Waals surface area contributed by atoms with Gasteiger partial charge in [0.25, 0.3) is 0 Å². The van der Waals surface area contributed by atoms with Gasteiger partial charge >= 0.3 is 0 Å². The van der Waals surface area contributed by atoms with Crippen LogP contribution in [-0.4, -0.2) is 38.5 Å². The first-order valence-electron chi connectivity index (χ1n) is 24.1. The van der Waals surface area contributed by atoms with Crippen molar-refractivity contribution in [1.29, 1.82) is 0 Å². The van der Waals surface area contributed by atoms with E-state index in [1.54, 1.807) is 0 Å². The average Bonchev–Trinajstić information content (AvgIpc) is 3.70. The molecule has 0 radical (unpaired) electrons. The molecule has 6 nitrogen and oxygen atoms in total. The van der Waals surface area contributed by atoms with Crippen molar-refractivity contribution in [2.24, 2.45) is 11.8 Å². The first-order chi connectivity index (χ1) is 33.7. The maximum atomic E-state index is 5.10. The van der Waals surface area contributed by atoms with E-state index in [0.29, 0.717) is 11.6 Å². The summed E-state index contributed by atoms with van der Waals surface area (Å²) in [5.41, 5.74) is 14.7. The van der Waals surface area contributed by atoms with Gasteiger partial charge in [-0.2, -0.15) is 0 Å². The van der Waals surface area contributed by atoms with E-state index in [1.807, 2.05) is 18.2 Å². The lowest BCUT2D eigenvalue weighted by Crippen LogP contribution is -2.40. The van der Waals surface area contributed by atoms with Crippen LogP contribution in [0, 0.1) is 11.8 Å². The molecule has 5 atom stereocenters. The molecule has 1 N–H and O–H groups in total. The minimum atomic E-state index is 0.0966. The first-order valence-corrected chi connectivity index (χ1v) is 24.1. The Labute approximate surface area is 397 Å². The predicted octanol–water partition coefficient (Wildman–Crippen LogP) is 11.6. The number of fused-ring (bicyclic) bond motifs is 7. The topological polar surface area (TPSA) is 57.2 Å². The Balaban J connectivity index is 0.850. The minimum absolute atomic E-state index is 0.0966. The molecule has 68 heavy (non-hydrogen) atoms. The van der Waals surface area contributed by atoms with Crippen molar-refractivity contribution in [3.63, 3.8) is 0 Å². The van der Waals surface area contributed by atoms with Gasteiger partial charge in [0.05, 0.1) is 23.5 Å². The van der Waals surface area contributed by atoms with Gasteiger partial charge in [-0.1, -0.05) is 194 Å². The fourth-order valence-electron chi connectivity index (χ4n) is 11.4. The van der Waals surface area contributed by atoms with Crippen LogP contribution >= 0.6 is 0 Å². The predicted molar refractivity (Wildman–Crippen MR) is 278 cm³/mol. The SMILES string of the molecule is C1=CCC(c2nc(-c3ccccc3)nc(-c3cccc(C4=CCC(N5c6ccccc6C6=C(c7ccccc75)N(C5=CC=CC(C7=c8ccccc8=CCN7)C5)C5C=CC=CC65)C=C4)c3)n2)C=C1. The van der Waals surface area contributed by atoms with Gasteiger partial charge < -0.3 is 15.1 Å². The Kier molecular flexibility index (Phi) is 10.0. The quantitative estimate of drug-likeness (QED) is 0.172. The van der Waals surface area contributed by atoms with Crippen molar-refractivity contribution in [1.82, 2.24) is 25.2 Å². The third-order valence-electron chi connectivity index (χ3n) is 14.6. The number of para-hydroxylation sites is 2. The van der Waals surface area contributed by atoms with Crippen LogP contribution in [0.25, 0.3) is 51.4 Å². The van der Waals surface area contributed by atoms with Crippen LogP contribution < -0.4 is 20.7 Å². The van der Waals surface area contributed by atoms with Crippen molar-refractivity contribution in [3.8, 4) is 22.8 Å². The molecule has 6 aromatic rings. The lowest BCUT2D eigenvalue weighted by atomic mass is 9.85. The lowest BCUT2D eigenvalue weighted by molar-refractivity contribution is 0.383. The zero-order valence-corrected chi connectivity index (χ0v) is 37.7. The van der Waals surface area contributed by atoms with Crippen LogP contribution in [0.3, 0.4) is 0 Å². The van der Waals surface area contributed by atoms with Gasteiger partial charge in [-0.15, -0.1) is 0 Å². The summed E-state index contributed by atoms with van der Waals surface area (Å²) in [6.07, 6.45) is 37.0. The molecule has 5 unspecified atom stereocenters. The van der Waals surface area contributed by atoms with Gasteiger partial charge in [-0.05, 0) is 65.5 Å². The molecule has 13 rings (SSSR count). The highest BCUT2D eigenvalue weighted by atomic mass is 15.2. The largest absolute Gasteiger partial charge is 0.384 e. The van der Waals surface area contributed by atoms with E-state index in [1.165, 1.54) is 61.2 Å². The van der Waals surface area contributed by atoms with Gasteiger partial charge in [0.15, 0.2) is 11.6 Å². The normalized spacial score (nSPS) is 22.8. The average molecular weight is 879 g/mol. The molecule has 1 aromatic heterocycles. The number of anilines is 2. The van der Waals surface area contributed by atoms with Crippen molar-refractivity contribution in [2.75, 3.05) is 11.4 Å². The van der Waals surface area contributed by atoms with Crippen LogP contribution in [0.15, 0.2) is 218 Å². The number of rotatable bonds is 7. The molecule has 5 aromatic carbocycles. The number of nitrogens with one attached hydrogen (secondary N) is 1. The molecule has 3 aliphatic heterocycles. The van der Waals surface area contributed by atoms with E-state index in [-0.39, 0.29) is 29.8 Å². The van der Waals surface area contributed by atoms with E-state index >= 15 is 0 Å². The molecular weight excluding hydrogens is 829 g/mol. The summed E-state index contributed by atoms with van der Waals surface area (Å²) in [7, 11) is 0. The Morgan fingerprint density at radius 2 is 1.29 bits per heavy atom. The summed E-state index contributed by atoms with van der Waals surface area (Å²) >= 11 is 0. The zero-order chi connectivity index (χ0) is 45.0. The summed E-state index contributed by atoms with van der Waals surface area (Å²) in [5, 5.41) is 6.42. The second-order valence-electron chi connectivity index (χ2n) is 18.5. The van der Waals surface area contributed by atoms with E-state index in [4.69, 9.17) is 15.0 Å². The van der Waals surface area contributed by atoms with Gasteiger partial charge in [0.1, 0.15) is 5.82 Å². The maximum Gasteiger partial charge on any atom is 0.163 e. The van der Waals surface area contributed by atoms with Gasteiger partial charge in [0.2, 0.25) is 0 Å². The maximum absolute atomic E-state index is 5.10. The Morgan fingerprint density at radius 3 is 2.15 bits per heavy atom. The van der Waals surface area contributed by atoms with Crippen molar-refractivity contribution < 1.29 is 0 Å². The second-order valence-corrected chi connectivity index (χ2v) is 18.5. The highest BCUT2D eigenvalue weighted by Gasteiger charge is 2.45. The second kappa shape index (κ2) is 17.0. The number of hydrogen-bond donors (Lipinski definition) is 1. The summed E-state index contributed by atoms with van der Waals surface area (Å²) in [6, 6.07) is 46.3. The Bertz CT molecular complexity index is 3430. The third kappa shape index (κ3) is 6.98. The molecule has 4 aliphatic carbocycles. The van der Waals surface area contributed by atoms with Crippen LogP contribution in [0.5, 0.6) is 0 Å². The number of benzene rings is 5. The van der Waals surface area contributed by atoms with E-state index in [9.17, 15) is 0 Å². The van der Waals surface area contributed by atoms with Crippen molar-refractivity contribution in [3.05, 3.63) is 251 Å². The number of nitrogens with zero attached hydrogens (tertiary/aromatic N) is 5. The molecule has 0 saturated heterocycles. The van der Waals surface area contributed by atoms with Crippen LogP contribution in [-0.2, 0) is 0 Å². The molecule has 0 amide bonds. The highest BCUT2D eigenvalue weighted by molar-refractivity contribution is 6.05. The van der Waals surface area contributed by atoms with E-state index < -0.39 is 0 Å². The molecule has 6 heteroatoms. The highest BCUT2D eigenvalue weighted by Crippen LogP contribution is 2.56. The number of hydrogen-bond acceptors (Lipinski definition) is 6. The van der Waals surface area contributed by atoms with Gasteiger partial charge in [-0.25, -0.2) is 15.0 Å². The Morgan fingerprint density at radius 1 is 0.559 bits per heavy atom. The fraction of sp³-hybridized carbons (Fsp3) is 0.145. The third-order valence-corrected chi connectivity index (χ3v) is 14.6. The monoisotopic (exact) mass is 878 g/mol. The number of allylic oxidation sites excluding steroid dienone is 11. The summed E-state index contributed by atoms with van der Waals surface area (Å²) in [6.45, 7) is 0.847. The molecule has 0 saturated carbocycles. The molecule has 7 aliphatic rings. The molecular formula is C62H50N6. The van der Waals surface area contributed by atoms with Crippen LogP contribution in [0.4, 0.5) is 11.4 Å². The van der Waals surface area contributed by atoms with Gasteiger partial charge in [0, 0.05) is 68.9 Å². The van der Waals surface area contributed by atoms with Gasteiger partial charge in [-0.3, -0.25) is 0 Å². The minimum Gasteiger partial charge on any atom is -0.384 e. The van der Waals surface area contributed by atoms with E-state index in [2.05, 4.69) is 215 Å². The smallest absolute Gasteiger partial charge is 0.163 e. The molecule has 0 bridgehead atoms. The molecule has 4 heterocycles. The fourth-order valence-corrected chi connectivity index (χ4v) is 11.4. The zero-order valence-electron chi connectivity index (χ0n) is 37.7. The Hall–Kier alpha value is -8.09. The summed E-state index contributed by atoms with van der Waals surface area (Å²) in [5.74, 6) is 2.74. The summed E-state index contributed by atoms with van der Waals surface area (Å²) in [4.78, 5) is 20.5. The van der Waals surface area contributed by atoms with Crippen molar-refractivity contribution >= 4 is 40.0 Å². The first kappa shape index (κ1) is 40.2. The van der Waals surface area contributed by atoms with E-state index in [0.717, 1.165) is 48.3 Å². The summed E-state index contributed by atoms with van der Waals surface area (Å²) < 4.78 is 0. The molecule has 328 valence electrons. The lowest BCUT2D eigenvalue weighted by Gasteiger charge is -2.38. The van der Waals surface area contributed by atoms with Crippen LogP contribution in [0.2, 0.25) is 0 Å². The molecule has 0 fully saturated rings. The number of aromatic nitrogens is 3. The standard InChI is InChI=1S/C62H50N6/c1-3-18-43(19-4-1)60-64-61(44-20-5-2-6-21-44)66-62(65-60)47-24-15-22-45(39-47)41-33-35-48(36-34-41)67-54-30-12-9-27-51(54)57-52-28-10-13-31-55(52)68(59(57)53-29-11-14-32-56(53)67)49-25-16-23-46(40-49)58-50-26-8-7-17-42(50)37-38-63-58/h1-20,22-35,37,39,44,46,48,52,55,63H,21,36,38,40H2.